The molecule has 4 aromatic carbocycles. The van der Waals surface area contributed by atoms with Crippen molar-refractivity contribution in [2.45, 2.75) is 24.9 Å². The predicted molar refractivity (Wildman–Crippen MR) is 330 cm³/mol. The molecule has 19 nitrogen and oxygen atoms in total. The average molecular weight is 1260 g/mol. The van der Waals surface area contributed by atoms with E-state index in [1.165, 1.54) is 11.1 Å². The highest BCUT2D eigenvalue weighted by atomic mass is 35.5. The number of nitrogens with one attached hydrogen (secondary N) is 4. The summed E-state index contributed by atoms with van der Waals surface area (Å²) in [6.45, 7) is 9.17. The molecule has 8 rings (SSSR count). The molecule has 0 saturated carbocycles. The van der Waals surface area contributed by atoms with Crippen molar-refractivity contribution >= 4 is 82.3 Å². The zero-order valence-electron chi connectivity index (χ0n) is 47.2. The third-order valence-electron chi connectivity index (χ3n) is 13.7. The first-order valence-electron chi connectivity index (χ1n) is 27.7. The van der Waals surface area contributed by atoms with Gasteiger partial charge in [-0.3, -0.25) is 9.59 Å². The van der Waals surface area contributed by atoms with Gasteiger partial charge in [0.15, 0.2) is 0 Å². The quantitative estimate of drug-likeness (QED) is 0.0279. The number of anilines is 2. The molecular formula is C60H73Cl5N10O9. The lowest BCUT2D eigenvalue weighted by Crippen LogP contribution is -2.34. The van der Waals surface area contributed by atoms with Crippen LogP contribution in [-0.4, -0.2) is 187 Å². The lowest BCUT2D eigenvalue weighted by molar-refractivity contribution is -0.131. The largest absolute Gasteiger partial charge is 0.377 e. The van der Waals surface area contributed by atoms with Gasteiger partial charge in [0, 0.05) is 108 Å². The van der Waals surface area contributed by atoms with Gasteiger partial charge in [-0.15, -0.1) is 12.4 Å². The van der Waals surface area contributed by atoms with E-state index in [2.05, 4.69) is 101 Å². The van der Waals surface area contributed by atoms with Crippen LogP contribution in [0.15, 0.2) is 97.6 Å². The van der Waals surface area contributed by atoms with Crippen molar-refractivity contribution in [2.75, 3.05) is 156 Å². The zero-order chi connectivity index (χ0) is 58.2. The van der Waals surface area contributed by atoms with Crippen LogP contribution in [0.4, 0.5) is 11.6 Å². The summed E-state index contributed by atoms with van der Waals surface area (Å²) in [5.74, 6) is 0.948. The second-order valence-electron chi connectivity index (χ2n) is 20.0. The molecule has 24 heteroatoms. The topological polar surface area (TPSA) is 205 Å². The van der Waals surface area contributed by atoms with E-state index in [1.54, 1.807) is 12.7 Å². The smallest absolute Gasteiger partial charge is 0.246 e. The number of benzene rings is 4. The highest BCUT2D eigenvalue weighted by molar-refractivity contribution is 6.35. The number of rotatable bonds is 34. The number of aromatic nitrogens is 4. The molecule has 452 valence electrons. The van der Waals surface area contributed by atoms with Crippen molar-refractivity contribution in [3.05, 3.63) is 151 Å². The van der Waals surface area contributed by atoms with Gasteiger partial charge in [0.25, 0.3) is 0 Å². The fourth-order valence-corrected chi connectivity index (χ4v) is 10.9. The first kappa shape index (κ1) is 66.2. The van der Waals surface area contributed by atoms with E-state index >= 15 is 0 Å². The van der Waals surface area contributed by atoms with Crippen LogP contribution in [0.3, 0.4) is 0 Å². The van der Waals surface area contributed by atoms with Crippen molar-refractivity contribution in [3.8, 4) is 22.5 Å². The van der Waals surface area contributed by atoms with Crippen molar-refractivity contribution < 1.29 is 42.7 Å². The Kier molecular flexibility index (Phi) is 27.8. The molecule has 4 N–H and O–H groups in total. The molecule has 6 aromatic rings. The highest BCUT2D eigenvalue weighted by Crippen LogP contribution is 2.41. The normalized spacial score (nSPS) is 15.0. The Labute approximate surface area is 517 Å². The Bertz CT molecular complexity index is 2850. The van der Waals surface area contributed by atoms with Gasteiger partial charge in [-0.2, -0.15) is 0 Å². The van der Waals surface area contributed by atoms with Crippen LogP contribution in [0, 0.1) is 0 Å². The summed E-state index contributed by atoms with van der Waals surface area (Å²) in [4.78, 5) is 46.6. The standard InChI is InChI=1S/C60H72Cl4N10O9.ClH/c1-73-33-49(47-27-45(61)29-53(63)51(47)35-73)41-5-3-7-43(25-41)55-31-57(71-39-69-55)65-9-13-77-17-21-81-23-19-79-15-11-67-59(75)37-83-38-60(76)68-12-16-80-20-24-82-22-18-78-14-10-66-58-32-56(70-40-72-58)44-8-4-6-42(26-44)50-34-74(2)36-52-48(50)28-46(62)30-54(52)64;/h3-8,25-32,39-40,49-50H,9-24,33-38H2,1-2H3,(H,67,75)(H,68,76)(H,65,69,71)(H,66,70,72);1H/t49-,50+;. The molecule has 2 aliphatic rings. The van der Waals surface area contributed by atoms with Crippen LogP contribution in [-0.2, 0) is 55.8 Å². The molecule has 4 heterocycles. The van der Waals surface area contributed by atoms with Gasteiger partial charge in [-0.05, 0) is 83.9 Å². The predicted octanol–water partition coefficient (Wildman–Crippen LogP) is 8.66. The van der Waals surface area contributed by atoms with E-state index in [4.69, 9.17) is 79.6 Å². The van der Waals surface area contributed by atoms with Crippen molar-refractivity contribution in [2.24, 2.45) is 0 Å². The third kappa shape index (κ3) is 21.0. The van der Waals surface area contributed by atoms with Gasteiger partial charge in [-0.25, -0.2) is 19.9 Å². The molecule has 0 fully saturated rings. The number of fused-ring (bicyclic) bond motifs is 2. The first-order chi connectivity index (χ1) is 40.5. The van der Waals surface area contributed by atoms with Crippen molar-refractivity contribution in [1.82, 2.24) is 40.4 Å². The van der Waals surface area contributed by atoms with Gasteiger partial charge >= 0.3 is 0 Å². The number of carbonyl (C=O) groups is 2. The SMILES string of the molecule is CN1Cc2c(Cl)cc(Cl)cc2[C@@H](c2cccc(-c3cc(NCCOCCOCCOCCNC(=O)COCC(=O)NCCOCCOCCOCCNc4cc(-c5cccc([C@@H]6CN(C)Cc7c(Cl)cc(Cl)cc76)c5)ncn4)ncn3)c2)C1.Cl. The molecule has 2 amide bonds. The highest BCUT2D eigenvalue weighted by Gasteiger charge is 2.29. The van der Waals surface area contributed by atoms with Crippen LogP contribution in [0.5, 0.6) is 0 Å². The maximum absolute atomic E-state index is 12.1. The number of hydrogen-bond donors (Lipinski definition) is 4. The fourth-order valence-electron chi connectivity index (χ4n) is 9.76. The molecule has 2 atom stereocenters. The Balaban J connectivity index is 0.0000101. The minimum absolute atomic E-state index is 0. The van der Waals surface area contributed by atoms with E-state index in [-0.39, 0.29) is 49.3 Å². The average Bonchev–Trinajstić information content (AvgIpc) is 3.64. The zero-order valence-corrected chi connectivity index (χ0v) is 51.1. The monoisotopic (exact) mass is 1250 g/mol. The summed E-state index contributed by atoms with van der Waals surface area (Å²) >= 11 is 26.1. The summed E-state index contributed by atoms with van der Waals surface area (Å²) in [6, 6.07) is 28.4. The summed E-state index contributed by atoms with van der Waals surface area (Å²) in [6.07, 6.45) is 3.11. The van der Waals surface area contributed by atoms with Gasteiger partial charge in [0.2, 0.25) is 11.8 Å². The number of ether oxygens (including phenoxy) is 7. The van der Waals surface area contributed by atoms with Gasteiger partial charge in [0.1, 0.15) is 37.5 Å². The van der Waals surface area contributed by atoms with E-state index in [1.807, 2.05) is 48.5 Å². The van der Waals surface area contributed by atoms with Crippen LogP contribution < -0.4 is 21.3 Å². The first-order valence-corrected chi connectivity index (χ1v) is 29.2. The minimum atomic E-state index is -0.351. The summed E-state index contributed by atoms with van der Waals surface area (Å²) in [5.41, 5.74) is 10.5. The molecule has 0 unspecified atom stereocenters. The molecular weight excluding hydrogens is 1180 g/mol. The molecule has 0 spiro atoms. The molecule has 0 aliphatic carbocycles. The number of likely N-dealkylation sites (N-methyl/N-ethyl adjacent to an activating group) is 2. The minimum Gasteiger partial charge on any atom is -0.377 e. The Hall–Kier alpha value is -5.33. The maximum Gasteiger partial charge on any atom is 0.246 e. The summed E-state index contributed by atoms with van der Waals surface area (Å²) in [7, 11) is 4.20. The maximum atomic E-state index is 12.1. The van der Waals surface area contributed by atoms with E-state index < -0.39 is 0 Å². The van der Waals surface area contributed by atoms with E-state index in [0.717, 1.165) is 70.9 Å². The van der Waals surface area contributed by atoms with Crippen LogP contribution in [0.2, 0.25) is 20.1 Å². The number of hydrogen-bond acceptors (Lipinski definition) is 17. The van der Waals surface area contributed by atoms with Gasteiger partial charge < -0.3 is 64.2 Å². The summed E-state index contributed by atoms with van der Waals surface area (Å²) < 4.78 is 38.9. The second-order valence-corrected chi connectivity index (χ2v) is 21.6. The Morgan fingerprint density at radius 3 is 1.27 bits per heavy atom. The van der Waals surface area contributed by atoms with Crippen LogP contribution in [0.1, 0.15) is 45.2 Å². The third-order valence-corrected chi connectivity index (χ3v) is 14.8. The van der Waals surface area contributed by atoms with Gasteiger partial charge in [0.05, 0.1) is 90.7 Å². The van der Waals surface area contributed by atoms with E-state index in [9.17, 15) is 9.59 Å². The fraction of sp³-hybridized carbons (Fsp3) is 0.433. The van der Waals surface area contributed by atoms with E-state index in [0.29, 0.717) is 137 Å². The Morgan fingerprint density at radius 2 is 0.869 bits per heavy atom. The number of halogens is 5. The van der Waals surface area contributed by atoms with Gasteiger partial charge in [-0.1, -0.05) is 82.8 Å². The van der Waals surface area contributed by atoms with Crippen molar-refractivity contribution in [3.63, 3.8) is 0 Å². The molecule has 2 aliphatic heterocycles. The molecule has 0 radical (unpaired) electrons. The molecule has 0 bridgehead atoms. The second kappa shape index (κ2) is 35.3. The Morgan fingerprint density at radius 1 is 0.488 bits per heavy atom. The molecule has 2 aromatic heterocycles. The summed E-state index contributed by atoms with van der Waals surface area (Å²) in [5, 5.41) is 14.7. The molecule has 0 saturated heterocycles. The number of nitrogens with zero attached hydrogens (tertiary/aromatic N) is 6. The van der Waals surface area contributed by atoms with Crippen LogP contribution >= 0.6 is 58.8 Å². The van der Waals surface area contributed by atoms with Crippen LogP contribution in [0.25, 0.3) is 22.5 Å². The number of amides is 2. The molecule has 84 heavy (non-hydrogen) atoms. The lowest BCUT2D eigenvalue weighted by Gasteiger charge is -2.33. The lowest BCUT2D eigenvalue weighted by atomic mass is 9.84. The number of carbonyl (C=O) groups excluding carboxylic acids is 2. The van der Waals surface area contributed by atoms with Crippen molar-refractivity contribution in [1.29, 1.82) is 0 Å².